The number of benzene rings is 3. The van der Waals surface area contributed by atoms with E-state index in [0.717, 1.165) is 0 Å². The topological polar surface area (TPSA) is 133 Å². The van der Waals surface area contributed by atoms with Gasteiger partial charge in [-0.25, -0.2) is 4.79 Å². The molecule has 0 spiro atoms. The Morgan fingerprint density at radius 2 is 1.60 bits per heavy atom. The van der Waals surface area contributed by atoms with Gasteiger partial charge in [0.05, 0.1) is 26.9 Å². The number of rotatable bonds is 7. The van der Waals surface area contributed by atoms with E-state index in [1.165, 1.54) is 54.6 Å². The molecule has 1 aliphatic heterocycles. The summed E-state index contributed by atoms with van der Waals surface area (Å²) >= 11 is 12.0. The average Bonchev–Trinajstić information content (AvgIpc) is 3.17. The van der Waals surface area contributed by atoms with Gasteiger partial charge in [0.2, 0.25) is 5.78 Å². The van der Waals surface area contributed by atoms with Gasteiger partial charge in [0.1, 0.15) is 12.0 Å². The number of hydrogen-bond acceptors (Lipinski definition) is 6. The fraction of sp³-hybridized carbons (Fsp3) is 0.0800. The number of hydrogen-bond donors (Lipinski definition) is 2. The molecule has 8 nitrogen and oxygen atoms in total. The van der Waals surface area contributed by atoms with E-state index in [-0.39, 0.29) is 38.0 Å². The van der Waals surface area contributed by atoms with E-state index in [9.17, 15) is 24.0 Å². The number of primary amides is 1. The van der Waals surface area contributed by atoms with Crippen LogP contribution in [-0.2, 0) is 14.3 Å². The maximum absolute atomic E-state index is 13.5. The number of ketones is 2. The van der Waals surface area contributed by atoms with Crippen LogP contribution in [0, 0.1) is 5.92 Å². The monoisotopic (exact) mass is 510 g/mol. The molecule has 0 fully saturated rings. The molecule has 10 heteroatoms. The lowest BCUT2D eigenvalue weighted by Gasteiger charge is -2.21. The third kappa shape index (κ3) is 4.66. The summed E-state index contributed by atoms with van der Waals surface area (Å²) in [6, 6.07) is 16.0. The lowest BCUT2D eigenvalue weighted by atomic mass is 9.84. The highest BCUT2D eigenvalue weighted by Gasteiger charge is 2.46. The number of fused-ring (bicyclic) bond motifs is 1. The largest absolute Gasteiger partial charge is 0.453 e. The van der Waals surface area contributed by atoms with Gasteiger partial charge in [0.15, 0.2) is 5.78 Å². The molecular weight excluding hydrogens is 495 g/mol. The second kappa shape index (κ2) is 9.69. The molecule has 2 atom stereocenters. The van der Waals surface area contributed by atoms with Crippen LogP contribution in [0.3, 0.4) is 0 Å². The van der Waals surface area contributed by atoms with E-state index < -0.39 is 41.4 Å². The Bertz CT molecular complexity index is 1400. The number of nitrogens with one attached hydrogen (secondary N) is 1. The van der Waals surface area contributed by atoms with Crippen molar-refractivity contribution in [1.29, 1.82) is 0 Å². The summed E-state index contributed by atoms with van der Waals surface area (Å²) in [7, 11) is 0. The van der Waals surface area contributed by atoms with E-state index in [0.29, 0.717) is 0 Å². The summed E-state index contributed by atoms with van der Waals surface area (Å²) in [6.07, 6.45) is -1.36. The van der Waals surface area contributed by atoms with Crippen molar-refractivity contribution >= 4 is 58.2 Å². The molecule has 1 aliphatic rings. The van der Waals surface area contributed by atoms with Crippen molar-refractivity contribution in [3.63, 3.8) is 0 Å². The summed E-state index contributed by atoms with van der Waals surface area (Å²) in [6.45, 7) is 0. The van der Waals surface area contributed by atoms with Crippen molar-refractivity contribution in [3.05, 3.63) is 99.0 Å². The van der Waals surface area contributed by atoms with Crippen LogP contribution in [0.5, 0.6) is 0 Å². The molecule has 0 radical (unpaired) electrons. The van der Waals surface area contributed by atoms with Crippen molar-refractivity contribution in [2.45, 2.75) is 6.10 Å². The molecule has 176 valence electrons. The molecule has 0 unspecified atom stereocenters. The summed E-state index contributed by atoms with van der Waals surface area (Å²) in [5, 5.41) is 2.58. The zero-order valence-corrected chi connectivity index (χ0v) is 19.3. The number of nitrogens with two attached hydrogens (primary N) is 1. The minimum Gasteiger partial charge on any atom is -0.453 e. The van der Waals surface area contributed by atoms with Crippen LogP contribution in [0.1, 0.15) is 42.7 Å². The predicted octanol–water partition coefficient (Wildman–Crippen LogP) is 4.01. The molecule has 1 heterocycles. The predicted molar refractivity (Wildman–Crippen MR) is 127 cm³/mol. The second-order valence-corrected chi connectivity index (χ2v) is 8.43. The second-order valence-electron chi connectivity index (χ2n) is 7.61. The molecular formula is C25H16Cl2N2O6. The average molecular weight is 511 g/mol. The van der Waals surface area contributed by atoms with Crippen molar-refractivity contribution < 1.29 is 28.7 Å². The minimum absolute atomic E-state index is 0.0106. The van der Waals surface area contributed by atoms with Crippen molar-refractivity contribution in [2.24, 2.45) is 11.7 Å². The lowest BCUT2D eigenvalue weighted by Crippen LogP contribution is -2.38. The lowest BCUT2D eigenvalue weighted by molar-refractivity contribution is -0.138. The SMILES string of the molecule is NC(=O)c1ccccc1NC(=O)C(=O)[C@@H](C(=O)c1ccc(Cl)c(Cl)c1)[C@@H]1OC(=O)c2ccccc21. The van der Waals surface area contributed by atoms with Crippen LogP contribution in [0.4, 0.5) is 5.69 Å². The number of cyclic esters (lactones) is 1. The molecule has 35 heavy (non-hydrogen) atoms. The summed E-state index contributed by atoms with van der Waals surface area (Å²) < 4.78 is 5.38. The number of halogens is 2. The van der Waals surface area contributed by atoms with Gasteiger partial charge in [-0.1, -0.05) is 53.5 Å². The van der Waals surface area contributed by atoms with Crippen molar-refractivity contribution in [2.75, 3.05) is 5.32 Å². The van der Waals surface area contributed by atoms with Crippen LogP contribution in [-0.4, -0.2) is 29.4 Å². The summed E-state index contributed by atoms with van der Waals surface area (Å²) in [5.41, 5.74) is 5.75. The standard InChI is InChI=1S/C25H16Cl2N2O6/c26-16-10-9-12(11-17(16)27)20(30)19(22-13-5-1-2-6-14(13)25(34)35-22)21(31)24(33)29-18-8-4-3-7-15(18)23(28)32/h1-11,19,22H,(H2,28,32)(H,29,33)/t19-,22-/m1/s1. The third-order valence-corrected chi connectivity index (χ3v) is 6.20. The van der Waals surface area contributed by atoms with E-state index in [4.69, 9.17) is 33.7 Å². The maximum atomic E-state index is 13.5. The Morgan fingerprint density at radius 3 is 2.31 bits per heavy atom. The number of carbonyl (C=O) groups excluding carboxylic acids is 5. The van der Waals surface area contributed by atoms with Crippen LogP contribution < -0.4 is 11.1 Å². The molecule has 0 aromatic heterocycles. The Morgan fingerprint density at radius 1 is 0.914 bits per heavy atom. The van der Waals surface area contributed by atoms with Crippen LogP contribution in [0.25, 0.3) is 0 Å². The third-order valence-electron chi connectivity index (χ3n) is 5.46. The molecule has 2 amide bonds. The minimum atomic E-state index is -1.74. The molecule has 3 aromatic carbocycles. The molecule has 4 rings (SSSR count). The van der Waals surface area contributed by atoms with Gasteiger partial charge in [-0.2, -0.15) is 0 Å². The first-order chi connectivity index (χ1) is 16.7. The van der Waals surface area contributed by atoms with Crippen molar-refractivity contribution in [3.8, 4) is 0 Å². The maximum Gasteiger partial charge on any atom is 0.339 e. The molecule has 0 aliphatic carbocycles. The summed E-state index contributed by atoms with van der Waals surface area (Å²) in [4.78, 5) is 64.0. The summed E-state index contributed by atoms with van der Waals surface area (Å²) in [5.74, 6) is -6.48. The van der Waals surface area contributed by atoms with E-state index in [1.54, 1.807) is 12.1 Å². The fourth-order valence-electron chi connectivity index (χ4n) is 3.78. The number of Topliss-reactive ketones (excluding diaryl/α,β-unsaturated/α-hetero) is 2. The van der Waals surface area contributed by atoms with Gasteiger partial charge >= 0.3 is 5.97 Å². The van der Waals surface area contributed by atoms with Gasteiger partial charge in [-0.05, 0) is 36.4 Å². The number of amides is 2. The van der Waals surface area contributed by atoms with Crippen LogP contribution in [0.15, 0.2) is 66.7 Å². The number of anilines is 1. The number of para-hydroxylation sites is 1. The van der Waals surface area contributed by atoms with E-state index in [2.05, 4.69) is 5.32 Å². The number of carbonyl (C=O) groups is 5. The van der Waals surface area contributed by atoms with Gasteiger partial charge in [0, 0.05) is 11.1 Å². The van der Waals surface area contributed by atoms with E-state index >= 15 is 0 Å². The molecule has 3 aromatic rings. The molecule has 0 saturated heterocycles. The Kier molecular flexibility index (Phi) is 6.68. The van der Waals surface area contributed by atoms with Crippen LogP contribution in [0.2, 0.25) is 10.0 Å². The molecule has 0 bridgehead atoms. The van der Waals surface area contributed by atoms with Gasteiger partial charge < -0.3 is 15.8 Å². The van der Waals surface area contributed by atoms with Crippen LogP contribution >= 0.6 is 23.2 Å². The van der Waals surface area contributed by atoms with Gasteiger partial charge in [-0.3, -0.25) is 19.2 Å². The highest BCUT2D eigenvalue weighted by Crippen LogP contribution is 2.38. The number of ether oxygens (including phenoxy) is 1. The zero-order chi connectivity index (χ0) is 25.3. The highest BCUT2D eigenvalue weighted by atomic mass is 35.5. The first-order valence-electron chi connectivity index (χ1n) is 10.2. The normalized spacial score (nSPS) is 15.0. The first kappa shape index (κ1) is 24.1. The van der Waals surface area contributed by atoms with Gasteiger partial charge in [-0.15, -0.1) is 0 Å². The smallest absolute Gasteiger partial charge is 0.339 e. The first-order valence-corrected chi connectivity index (χ1v) is 11.0. The van der Waals surface area contributed by atoms with Gasteiger partial charge in [0.25, 0.3) is 11.8 Å². The highest BCUT2D eigenvalue weighted by molar-refractivity contribution is 6.46. The zero-order valence-electron chi connectivity index (χ0n) is 17.8. The Balaban J connectivity index is 1.74. The van der Waals surface area contributed by atoms with E-state index in [1.807, 2.05) is 0 Å². The molecule has 3 N–H and O–H groups in total. The quantitative estimate of drug-likeness (QED) is 0.213. The fourth-order valence-corrected chi connectivity index (χ4v) is 4.07. The Hall–Kier alpha value is -4.01. The molecule has 0 saturated carbocycles. The Labute approximate surface area is 209 Å². The number of esters is 1. The van der Waals surface area contributed by atoms with Crippen molar-refractivity contribution in [1.82, 2.24) is 0 Å².